The summed E-state index contributed by atoms with van der Waals surface area (Å²) in [5.74, 6) is 1.15. The van der Waals surface area contributed by atoms with Crippen LogP contribution >= 0.6 is 0 Å². The van der Waals surface area contributed by atoms with E-state index in [-0.39, 0.29) is 11.7 Å². The van der Waals surface area contributed by atoms with Crippen molar-refractivity contribution in [2.45, 2.75) is 25.7 Å². The second kappa shape index (κ2) is 6.13. The Labute approximate surface area is 129 Å². The molecule has 3 rings (SSSR count). The molecule has 1 saturated heterocycles. The van der Waals surface area contributed by atoms with Crippen molar-refractivity contribution in [3.63, 3.8) is 0 Å². The van der Waals surface area contributed by atoms with Crippen LogP contribution in [0.15, 0.2) is 29.0 Å². The first-order valence-electron chi connectivity index (χ1n) is 7.32. The Balaban J connectivity index is 1.73. The van der Waals surface area contributed by atoms with Crippen molar-refractivity contribution in [3.8, 4) is 11.5 Å². The molecule has 0 radical (unpaired) electrons. The molecule has 1 unspecified atom stereocenters. The van der Waals surface area contributed by atoms with Gasteiger partial charge in [0.2, 0.25) is 10.0 Å². The lowest BCUT2D eigenvalue weighted by atomic mass is 10.1. The lowest BCUT2D eigenvalue weighted by Gasteiger charge is -2.14. The van der Waals surface area contributed by atoms with Gasteiger partial charge in [0, 0.05) is 31.4 Å². The highest BCUT2D eigenvalue weighted by Crippen LogP contribution is 2.28. The van der Waals surface area contributed by atoms with Crippen molar-refractivity contribution in [2.24, 2.45) is 0 Å². The Bertz CT molecular complexity index is 730. The zero-order valence-corrected chi connectivity index (χ0v) is 13.2. The Morgan fingerprint density at radius 1 is 1.45 bits per heavy atom. The van der Waals surface area contributed by atoms with Gasteiger partial charge in [-0.1, -0.05) is 12.1 Å². The zero-order valence-electron chi connectivity index (χ0n) is 12.3. The highest BCUT2D eigenvalue weighted by atomic mass is 32.2. The van der Waals surface area contributed by atoms with Gasteiger partial charge in [0.1, 0.15) is 0 Å². The zero-order chi connectivity index (χ0) is 15.6. The molecule has 0 spiro atoms. The van der Waals surface area contributed by atoms with E-state index in [1.165, 1.54) is 4.31 Å². The monoisotopic (exact) mass is 322 g/mol. The van der Waals surface area contributed by atoms with Crippen LogP contribution in [0.4, 0.5) is 0 Å². The number of hydrogen-bond donors (Lipinski definition) is 0. The number of sulfonamides is 1. The Kier molecular flexibility index (Phi) is 4.21. The minimum Gasteiger partial charge on any atom is -0.334 e. The lowest BCUT2D eigenvalue weighted by Crippen LogP contribution is -2.30. The maximum absolute atomic E-state index is 12.1. The molecule has 1 aliphatic rings. The van der Waals surface area contributed by atoms with Gasteiger partial charge in [0.05, 0.1) is 11.3 Å². The smallest absolute Gasteiger partial charge is 0.259 e. The minimum absolute atomic E-state index is 0.0131. The highest BCUT2D eigenvalue weighted by molar-refractivity contribution is 7.89. The molecule has 3 heterocycles. The average molecular weight is 322 g/mol. The fraction of sp³-hybridized carbons (Fsp3) is 0.500. The van der Waals surface area contributed by atoms with Crippen molar-refractivity contribution in [2.75, 3.05) is 18.8 Å². The van der Waals surface area contributed by atoms with E-state index in [1.54, 1.807) is 18.5 Å². The van der Waals surface area contributed by atoms with Crippen molar-refractivity contribution in [1.29, 1.82) is 0 Å². The van der Waals surface area contributed by atoms with Gasteiger partial charge >= 0.3 is 0 Å². The molecular weight excluding hydrogens is 304 g/mol. The summed E-state index contributed by atoms with van der Waals surface area (Å²) in [6.45, 7) is 2.81. The van der Waals surface area contributed by atoms with E-state index < -0.39 is 10.0 Å². The molecule has 0 bridgehead atoms. The summed E-state index contributed by atoms with van der Waals surface area (Å²) >= 11 is 0. The second-order valence-electron chi connectivity index (χ2n) is 5.36. The fourth-order valence-corrected chi connectivity index (χ4v) is 4.15. The summed E-state index contributed by atoms with van der Waals surface area (Å²) in [6.07, 6.45) is 4.67. The SMILES string of the molecule is CCCS(=O)(=O)N1CCC(c2noc(-c3cccnc3)n2)C1. The van der Waals surface area contributed by atoms with Gasteiger partial charge < -0.3 is 4.52 Å². The van der Waals surface area contributed by atoms with E-state index in [2.05, 4.69) is 15.1 Å². The average Bonchev–Trinajstić information content (AvgIpc) is 3.17. The summed E-state index contributed by atoms with van der Waals surface area (Å²) in [5, 5.41) is 4.00. The van der Waals surface area contributed by atoms with E-state index in [4.69, 9.17) is 4.52 Å². The summed E-state index contributed by atoms with van der Waals surface area (Å²) < 4.78 is 31.0. The first kappa shape index (κ1) is 15.1. The third kappa shape index (κ3) is 3.02. The summed E-state index contributed by atoms with van der Waals surface area (Å²) in [5.41, 5.74) is 0.759. The van der Waals surface area contributed by atoms with Crippen molar-refractivity contribution < 1.29 is 12.9 Å². The third-order valence-electron chi connectivity index (χ3n) is 3.72. The normalized spacial score (nSPS) is 19.6. The number of rotatable bonds is 5. The highest BCUT2D eigenvalue weighted by Gasteiger charge is 2.34. The van der Waals surface area contributed by atoms with E-state index in [0.29, 0.717) is 31.2 Å². The molecule has 1 fully saturated rings. The number of aromatic nitrogens is 3. The van der Waals surface area contributed by atoms with Gasteiger partial charge in [-0.25, -0.2) is 12.7 Å². The molecule has 118 valence electrons. The van der Waals surface area contributed by atoms with Crippen LogP contribution in [-0.2, 0) is 10.0 Å². The summed E-state index contributed by atoms with van der Waals surface area (Å²) in [4.78, 5) is 8.40. The summed E-state index contributed by atoms with van der Waals surface area (Å²) in [6, 6.07) is 3.64. The number of hydrogen-bond acceptors (Lipinski definition) is 6. The van der Waals surface area contributed by atoms with Crippen molar-refractivity contribution in [3.05, 3.63) is 30.4 Å². The largest absolute Gasteiger partial charge is 0.334 e. The predicted octanol–water partition coefficient (Wildman–Crippen LogP) is 1.66. The van der Waals surface area contributed by atoms with Gasteiger partial charge in [0.25, 0.3) is 5.89 Å². The minimum atomic E-state index is -3.16. The first-order chi connectivity index (χ1) is 10.6. The molecule has 1 atom stereocenters. The van der Waals surface area contributed by atoms with Crippen LogP contribution in [0.5, 0.6) is 0 Å². The molecule has 0 saturated carbocycles. The van der Waals surface area contributed by atoms with Crippen LogP contribution in [-0.4, -0.2) is 46.7 Å². The first-order valence-corrected chi connectivity index (χ1v) is 8.93. The van der Waals surface area contributed by atoms with E-state index in [0.717, 1.165) is 12.0 Å². The van der Waals surface area contributed by atoms with Gasteiger partial charge in [-0.2, -0.15) is 4.98 Å². The van der Waals surface area contributed by atoms with Gasteiger partial charge in [-0.3, -0.25) is 4.98 Å². The van der Waals surface area contributed by atoms with E-state index in [9.17, 15) is 8.42 Å². The molecule has 22 heavy (non-hydrogen) atoms. The number of pyridine rings is 1. The molecule has 0 amide bonds. The Morgan fingerprint density at radius 2 is 2.32 bits per heavy atom. The second-order valence-corrected chi connectivity index (χ2v) is 7.45. The van der Waals surface area contributed by atoms with Crippen LogP contribution in [0.25, 0.3) is 11.5 Å². The fourth-order valence-electron chi connectivity index (χ4n) is 2.59. The Morgan fingerprint density at radius 3 is 3.05 bits per heavy atom. The van der Waals surface area contributed by atoms with Crippen LogP contribution in [0, 0.1) is 0 Å². The van der Waals surface area contributed by atoms with E-state index in [1.807, 2.05) is 13.0 Å². The predicted molar refractivity (Wildman–Crippen MR) is 80.5 cm³/mol. The number of nitrogens with zero attached hydrogens (tertiary/aromatic N) is 4. The van der Waals surface area contributed by atoms with Crippen LogP contribution in [0.1, 0.15) is 31.5 Å². The van der Waals surface area contributed by atoms with Crippen LogP contribution in [0.2, 0.25) is 0 Å². The molecule has 7 nitrogen and oxygen atoms in total. The molecule has 0 aliphatic carbocycles. The van der Waals surface area contributed by atoms with Gasteiger partial charge in [-0.05, 0) is 25.0 Å². The van der Waals surface area contributed by atoms with Crippen molar-refractivity contribution in [1.82, 2.24) is 19.4 Å². The van der Waals surface area contributed by atoms with E-state index >= 15 is 0 Å². The van der Waals surface area contributed by atoms with Gasteiger partial charge in [0.15, 0.2) is 5.82 Å². The lowest BCUT2D eigenvalue weighted by molar-refractivity contribution is 0.414. The maximum Gasteiger partial charge on any atom is 0.259 e. The quantitative estimate of drug-likeness (QED) is 0.831. The van der Waals surface area contributed by atoms with Gasteiger partial charge in [-0.15, -0.1) is 0 Å². The Hall–Kier alpha value is -1.80. The maximum atomic E-state index is 12.1. The van der Waals surface area contributed by atoms with Crippen LogP contribution < -0.4 is 0 Å². The standard InChI is InChI=1S/C14H18N4O3S/c1-2-8-22(19,20)18-7-5-12(10-18)13-16-14(21-17-13)11-4-3-6-15-9-11/h3-4,6,9,12H,2,5,7-8,10H2,1H3. The third-order valence-corrected chi connectivity index (χ3v) is 5.76. The molecular formula is C14H18N4O3S. The molecule has 0 N–H and O–H groups in total. The van der Waals surface area contributed by atoms with Crippen LogP contribution in [0.3, 0.4) is 0 Å². The summed E-state index contributed by atoms with van der Waals surface area (Å²) in [7, 11) is -3.16. The molecule has 1 aliphatic heterocycles. The molecule has 2 aromatic rings. The molecule has 0 aromatic carbocycles. The molecule has 2 aromatic heterocycles. The topological polar surface area (TPSA) is 89.2 Å². The van der Waals surface area contributed by atoms with Crippen molar-refractivity contribution >= 4 is 10.0 Å². The molecule has 8 heteroatoms.